The molecule has 174 valence electrons. The van der Waals surface area contributed by atoms with Crippen molar-refractivity contribution in [2.45, 2.75) is 13.5 Å². The van der Waals surface area contributed by atoms with E-state index < -0.39 is 5.82 Å². The van der Waals surface area contributed by atoms with Gasteiger partial charge in [-0.05, 0) is 78.4 Å². The van der Waals surface area contributed by atoms with Gasteiger partial charge >= 0.3 is 0 Å². The lowest BCUT2D eigenvalue weighted by molar-refractivity contribution is -0.115. The fraction of sp³-hybridized carbons (Fsp3) is 0.120. The van der Waals surface area contributed by atoms with Crippen LogP contribution in [-0.4, -0.2) is 17.7 Å². The summed E-state index contributed by atoms with van der Waals surface area (Å²) in [7, 11) is 0. The van der Waals surface area contributed by atoms with Gasteiger partial charge in [-0.1, -0.05) is 41.4 Å². The molecule has 9 heteroatoms. The number of amidine groups is 1. The van der Waals surface area contributed by atoms with Crippen molar-refractivity contribution in [3.8, 4) is 11.5 Å². The van der Waals surface area contributed by atoms with E-state index in [9.17, 15) is 9.18 Å². The first kappa shape index (κ1) is 24.1. The molecule has 0 bridgehead atoms. The minimum Gasteiger partial charge on any atom is -0.490 e. The lowest BCUT2D eigenvalue weighted by Crippen LogP contribution is -2.19. The van der Waals surface area contributed by atoms with Gasteiger partial charge in [-0.15, -0.1) is 0 Å². The molecule has 0 saturated carbocycles. The van der Waals surface area contributed by atoms with Gasteiger partial charge in [-0.3, -0.25) is 4.79 Å². The van der Waals surface area contributed by atoms with Crippen molar-refractivity contribution < 1.29 is 18.7 Å². The summed E-state index contributed by atoms with van der Waals surface area (Å²) >= 11 is 12.9. The Kier molecular flexibility index (Phi) is 7.77. The SMILES string of the molecule is CCOc1cc(/C=C2\SC(=Nc3ccc(F)c(Cl)c3)NC2=O)ccc1OCc1ccc(Cl)cc1. The molecule has 3 aromatic rings. The van der Waals surface area contributed by atoms with Gasteiger partial charge in [-0.25, -0.2) is 9.38 Å². The average molecular weight is 517 g/mol. The second-order valence-electron chi connectivity index (χ2n) is 7.13. The predicted octanol–water partition coefficient (Wildman–Crippen LogP) is 7.00. The summed E-state index contributed by atoms with van der Waals surface area (Å²) in [5.74, 6) is 0.361. The van der Waals surface area contributed by atoms with Gasteiger partial charge in [0.2, 0.25) is 0 Å². The lowest BCUT2D eigenvalue weighted by atomic mass is 10.2. The number of carbonyl (C=O) groups excluding carboxylic acids is 1. The Hall–Kier alpha value is -3.00. The third-order valence-corrected chi connectivity index (χ3v) is 6.11. The molecule has 1 fully saturated rings. The zero-order valence-corrected chi connectivity index (χ0v) is 20.3. The Balaban J connectivity index is 1.50. The van der Waals surface area contributed by atoms with Crippen molar-refractivity contribution in [3.63, 3.8) is 0 Å². The van der Waals surface area contributed by atoms with Crippen LogP contribution in [0.1, 0.15) is 18.1 Å². The topological polar surface area (TPSA) is 59.9 Å². The maximum Gasteiger partial charge on any atom is 0.264 e. The Morgan fingerprint density at radius 2 is 1.82 bits per heavy atom. The van der Waals surface area contributed by atoms with Gasteiger partial charge < -0.3 is 14.8 Å². The molecule has 0 unspecified atom stereocenters. The summed E-state index contributed by atoms with van der Waals surface area (Å²) in [6.45, 7) is 2.71. The Morgan fingerprint density at radius 3 is 2.56 bits per heavy atom. The summed E-state index contributed by atoms with van der Waals surface area (Å²) in [5.41, 5.74) is 2.19. The van der Waals surface area contributed by atoms with Gasteiger partial charge in [0.25, 0.3) is 5.91 Å². The van der Waals surface area contributed by atoms with Gasteiger partial charge in [0, 0.05) is 5.02 Å². The molecule has 0 radical (unpaired) electrons. The average Bonchev–Trinajstić information content (AvgIpc) is 3.15. The van der Waals surface area contributed by atoms with Crippen LogP contribution in [0.25, 0.3) is 6.08 Å². The second-order valence-corrected chi connectivity index (χ2v) is 9.01. The number of benzene rings is 3. The molecule has 0 aliphatic carbocycles. The van der Waals surface area contributed by atoms with Gasteiger partial charge in [0.1, 0.15) is 12.4 Å². The van der Waals surface area contributed by atoms with Crippen LogP contribution in [0.2, 0.25) is 10.0 Å². The zero-order valence-electron chi connectivity index (χ0n) is 18.0. The minimum absolute atomic E-state index is 0.0336. The van der Waals surface area contributed by atoms with E-state index in [-0.39, 0.29) is 10.9 Å². The molecule has 3 aromatic carbocycles. The largest absolute Gasteiger partial charge is 0.490 e. The number of hydrogen-bond donors (Lipinski definition) is 1. The molecular formula is C25H19Cl2FN2O3S. The highest BCUT2D eigenvalue weighted by Crippen LogP contribution is 2.33. The molecule has 1 aliphatic rings. The van der Waals surface area contributed by atoms with Crippen LogP contribution in [0.5, 0.6) is 11.5 Å². The van der Waals surface area contributed by atoms with Crippen molar-refractivity contribution in [1.82, 2.24) is 5.32 Å². The van der Waals surface area contributed by atoms with Crippen molar-refractivity contribution in [3.05, 3.63) is 92.6 Å². The second kappa shape index (κ2) is 11.0. The fourth-order valence-electron chi connectivity index (χ4n) is 3.05. The van der Waals surface area contributed by atoms with E-state index >= 15 is 0 Å². The number of nitrogens with zero attached hydrogens (tertiary/aromatic N) is 1. The van der Waals surface area contributed by atoms with Crippen molar-refractivity contribution in [1.29, 1.82) is 0 Å². The third kappa shape index (κ3) is 6.11. The highest BCUT2D eigenvalue weighted by molar-refractivity contribution is 8.18. The van der Waals surface area contributed by atoms with Crippen LogP contribution >= 0.6 is 35.0 Å². The normalized spacial score (nSPS) is 15.6. The molecule has 0 aromatic heterocycles. The quantitative estimate of drug-likeness (QED) is 0.343. The van der Waals surface area contributed by atoms with E-state index in [0.29, 0.717) is 45.5 Å². The number of halogens is 3. The molecule has 1 amide bonds. The molecule has 34 heavy (non-hydrogen) atoms. The number of thioether (sulfide) groups is 1. The molecule has 1 N–H and O–H groups in total. The Labute approximate surface area is 210 Å². The number of rotatable bonds is 7. The Morgan fingerprint density at radius 1 is 1.03 bits per heavy atom. The van der Waals surface area contributed by atoms with Crippen LogP contribution in [0.4, 0.5) is 10.1 Å². The maximum atomic E-state index is 13.4. The number of hydrogen-bond acceptors (Lipinski definition) is 5. The number of aliphatic imine (C=N–C) groups is 1. The molecule has 0 atom stereocenters. The van der Waals surface area contributed by atoms with E-state index in [4.69, 9.17) is 32.7 Å². The molecular weight excluding hydrogens is 498 g/mol. The predicted molar refractivity (Wildman–Crippen MR) is 136 cm³/mol. The number of ether oxygens (including phenoxy) is 2. The molecule has 1 aliphatic heterocycles. The van der Waals surface area contributed by atoms with Crippen LogP contribution < -0.4 is 14.8 Å². The summed E-state index contributed by atoms with van der Waals surface area (Å²) < 4.78 is 25.0. The van der Waals surface area contributed by atoms with Crippen molar-refractivity contribution >= 4 is 57.8 Å². The fourth-order valence-corrected chi connectivity index (χ4v) is 4.19. The monoisotopic (exact) mass is 516 g/mol. The molecule has 1 heterocycles. The summed E-state index contributed by atoms with van der Waals surface area (Å²) in [6, 6.07) is 17.0. The number of nitrogens with one attached hydrogen (secondary N) is 1. The zero-order chi connectivity index (χ0) is 24.1. The minimum atomic E-state index is -0.528. The van der Waals surface area contributed by atoms with Crippen LogP contribution in [0.15, 0.2) is 70.6 Å². The standard InChI is InChI=1S/C25H19Cl2FN2O3S/c1-2-32-22-11-16(5-10-21(22)33-14-15-3-6-17(26)7-4-15)12-23-24(31)30-25(34-23)29-18-8-9-20(28)19(27)13-18/h3-13H,2,14H2,1H3,(H,29,30,31)/b23-12-. The van der Waals surface area contributed by atoms with E-state index in [2.05, 4.69) is 10.3 Å². The van der Waals surface area contributed by atoms with E-state index in [1.54, 1.807) is 12.1 Å². The summed E-state index contributed by atoms with van der Waals surface area (Å²) in [4.78, 5) is 17.2. The van der Waals surface area contributed by atoms with Crippen LogP contribution in [0, 0.1) is 5.82 Å². The molecule has 4 rings (SSSR count). The van der Waals surface area contributed by atoms with Gasteiger partial charge in [-0.2, -0.15) is 0 Å². The van der Waals surface area contributed by atoms with Gasteiger partial charge in [0.15, 0.2) is 16.7 Å². The lowest BCUT2D eigenvalue weighted by Gasteiger charge is -2.13. The first-order valence-electron chi connectivity index (χ1n) is 10.3. The summed E-state index contributed by atoms with van der Waals surface area (Å²) in [6.07, 6.45) is 1.74. The highest BCUT2D eigenvalue weighted by Gasteiger charge is 2.24. The maximum absolute atomic E-state index is 13.4. The molecule has 5 nitrogen and oxygen atoms in total. The number of carbonyl (C=O) groups is 1. The third-order valence-electron chi connectivity index (χ3n) is 4.66. The van der Waals surface area contributed by atoms with E-state index in [0.717, 1.165) is 11.1 Å². The van der Waals surface area contributed by atoms with Crippen molar-refractivity contribution in [2.75, 3.05) is 6.61 Å². The first-order chi connectivity index (χ1) is 16.4. The molecule has 0 spiro atoms. The Bertz CT molecular complexity index is 1280. The van der Waals surface area contributed by atoms with E-state index in [1.165, 1.54) is 30.0 Å². The van der Waals surface area contributed by atoms with Gasteiger partial charge in [0.05, 0.1) is 22.2 Å². The van der Waals surface area contributed by atoms with E-state index in [1.807, 2.05) is 43.3 Å². The summed E-state index contributed by atoms with van der Waals surface area (Å²) in [5, 5.41) is 3.72. The smallest absolute Gasteiger partial charge is 0.264 e. The van der Waals surface area contributed by atoms with Crippen molar-refractivity contribution in [2.24, 2.45) is 4.99 Å². The molecule has 1 saturated heterocycles. The highest BCUT2D eigenvalue weighted by atomic mass is 35.5. The van der Waals surface area contributed by atoms with Crippen LogP contribution in [-0.2, 0) is 11.4 Å². The number of amides is 1. The van der Waals surface area contributed by atoms with Crippen LogP contribution in [0.3, 0.4) is 0 Å². The first-order valence-corrected chi connectivity index (χ1v) is 11.9.